The monoisotopic (exact) mass is 376 g/mol. The SMILES string of the molecule is Cc1ccc(S(=O)(=O)N2CCCC2C(=O)Nc2cc(F)ccc2C)cc1. The summed E-state index contributed by atoms with van der Waals surface area (Å²) >= 11 is 0. The Bertz CT molecular complexity index is 926. The van der Waals surface area contributed by atoms with Crippen LogP contribution in [0.1, 0.15) is 24.0 Å². The molecule has 1 heterocycles. The number of carbonyl (C=O) groups excluding carboxylic acids is 1. The topological polar surface area (TPSA) is 66.5 Å². The van der Waals surface area contributed by atoms with E-state index in [0.717, 1.165) is 5.56 Å². The number of aryl methyl sites for hydroxylation is 2. The van der Waals surface area contributed by atoms with Crippen molar-refractivity contribution in [3.05, 3.63) is 59.4 Å². The van der Waals surface area contributed by atoms with Gasteiger partial charge in [-0.2, -0.15) is 4.31 Å². The number of amides is 1. The minimum Gasteiger partial charge on any atom is -0.324 e. The molecule has 0 bridgehead atoms. The number of hydrogen-bond donors (Lipinski definition) is 1. The summed E-state index contributed by atoms with van der Waals surface area (Å²) in [5.41, 5.74) is 2.03. The maximum Gasteiger partial charge on any atom is 0.243 e. The molecule has 1 fully saturated rings. The highest BCUT2D eigenvalue weighted by Gasteiger charge is 2.39. The van der Waals surface area contributed by atoms with Crippen molar-refractivity contribution in [1.29, 1.82) is 0 Å². The van der Waals surface area contributed by atoms with E-state index in [9.17, 15) is 17.6 Å². The van der Waals surface area contributed by atoms with Crippen LogP contribution >= 0.6 is 0 Å². The Morgan fingerprint density at radius 2 is 1.85 bits per heavy atom. The Morgan fingerprint density at radius 1 is 1.15 bits per heavy atom. The molecule has 1 aliphatic rings. The van der Waals surface area contributed by atoms with Crippen molar-refractivity contribution in [2.24, 2.45) is 0 Å². The Morgan fingerprint density at radius 3 is 2.54 bits per heavy atom. The van der Waals surface area contributed by atoms with E-state index in [1.807, 2.05) is 6.92 Å². The quantitative estimate of drug-likeness (QED) is 0.891. The third-order valence-electron chi connectivity index (χ3n) is 4.59. The molecule has 0 spiro atoms. The Balaban J connectivity index is 1.84. The number of halogens is 1. The van der Waals surface area contributed by atoms with E-state index in [2.05, 4.69) is 5.32 Å². The van der Waals surface area contributed by atoms with Crippen LogP contribution in [0.3, 0.4) is 0 Å². The fraction of sp³-hybridized carbons (Fsp3) is 0.316. The summed E-state index contributed by atoms with van der Waals surface area (Å²) in [4.78, 5) is 12.9. The molecule has 1 atom stereocenters. The Kier molecular flexibility index (Phi) is 5.11. The smallest absolute Gasteiger partial charge is 0.243 e. The van der Waals surface area contributed by atoms with E-state index in [1.165, 1.54) is 16.4 Å². The molecule has 1 unspecified atom stereocenters. The number of nitrogens with zero attached hydrogens (tertiary/aromatic N) is 1. The third-order valence-corrected chi connectivity index (χ3v) is 6.51. The first-order chi connectivity index (χ1) is 12.3. The number of sulfonamides is 1. The van der Waals surface area contributed by atoms with Crippen LogP contribution in [0.4, 0.5) is 10.1 Å². The van der Waals surface area contributed by atoms with Crippen molar-refractivity contribution in [2.75, 3.05) is 11.9 Å². The summed E-state index contributed by atoms with van der Waals surface area (Å²) in [6, 6.07) is 9.88. The highest BCUT2D eigenvalue weighted by molar-refractivity contribution is 7.89. The van der Waals surface area contributed by atoms with Gasteiger partial charge in [-0.25, -0.2) is 12.8 Å². The van der Waals surface area contributed by atoms with Crippen molar-refractivity contribution in [1.82, 2.24) is 4.31 Å². The Hall–Kier alpha value is -2.25. The van der Waals surface area contributed by atoms with Gasteiger partial charge < -0.3 is 5.32 Å². The molecule has 138 valence electrons. The average Bonchev–Trinajstić information content (AvgIpc) is 3.09. The van der Waals surface area contributed by atoms with Gasteiger partial charge in [-0.05, 0) is 56.5 Å². The van der Waals surface area contributed by atoms with Gasteiger partial charge in [0.1, 0.15) is 11.9 Å². The van der Waals surface area contributed by atoms with Crippen molar-refractivity contribution >= 4 is 21.6 Å². The van der Waals surface area contributed by atoms with Crippen LogP contribution in [0.5, 0.6) is 0 Å². The number of carbonyl (C=O) groups is 1. The van der Waals surface area contributed by atoms with Crippen LogP contribution < -0.4 is 5.32 Å². The fourth-order valence-electron chi connectivity index (χ4n) is 3.08. The lowest BCUT2D eigenvalue weighted by atomic mass is 10.1. The molecule has 1 saturated heterocycles. The summed E-state index contributed by atoms with van der Waals surface area (Å²) in [5.74, 6) is -0.895. The van der Waals surface area contributed by atoms with Gasteiger partial charge in [0.05, 0.1) is 4.90 Å². The zero-order valence-corrected chi connectivity index (χ0v) is 15.5. The first-order valence-electron chi connectivity index (χ1n) is 8.44. The predicted octanol–water partition coefficient (Wildman–Crippen LogP) is 3.23. The van der Waals surface area contributed by atoms with Gasteiger partial charge >= 0.3 is 0 Å². The standard InChI is InChI=1S/C19H21FN2O3S/c1-13-5-9-16(10-6-13)26(24,25)22-11-3-4-18(22)19(23)21-17-12-15(20)8-7-14(17)2/h5-10,12,18H,3-4,11H2,1-2H3,(H,21,23). The molecule has 0 aliphatic carbocycles. The van der Waals surface area contributed by atoms with Crippen LogP contribution in [0.2, 0.25) is 0 Å². The van der Waals surface area contributed by atoms with Gasteiger partial charge in [0.25, 0.3) is 0 Å². The number of anilines is 1. The summed E-state index contributed by atoms with van der Waals surface area (Å²) in [7, 11) is -3.76. The molecular weight excluding hydrogens is 355 g/mol. The van der Waals surface area contributed by atoms with Gasteiger partial charge in [-0.1, -0.05) is 23.8 Å². The van der Waals surface area contributed by atoms with E-state index in [1.54, 1.807) is 37.3 Å². The van der Waals surface area contributed by atoms with Crippen molar-refractivity contribution in [3.63, 3.8) is 0 Å². The van der Waals surface area contributed by atoms with Crippen LogP contribution in [0.15, 0.2) is 47.4 Å². The zero-order chi connectivity index (χ0) is 18.9. The van der Waals surface area contributed by atoms with E-state index >= 15 is 0 Å². The zero-order valence-electron chi connectivity index (χ0n) is 14.7. The lowest BCUT2D eigenvalue weighted by Gasteiger charge is -2.23. The number of rotatable bonds is 4. The first-order valence-corrected chi connectivity index (χ1v) is 9.88. The van der Waals surface area contributed by atoms with Gasteiger partial charge in [-0.15, -0.1) is 0 Å². The molecule has 7 heteroatoms. The summed E-state index contributed by atoms with van der Waals surface area (Å²) < 4.78 is 40.5. The molecule has 1 aliphatic heterocycles. The van der Waals surface area contributed by atoms with Crippen molar-refractivity contribution < 1.29 is 17.6 Å². The first kappa shape index (κ1) is 18.5. The molecule has 1 N–H and O–H groups in total. The molecule has 5 nitrogen and oxygen atoms in total. The molecule has 26 heavy (non-hydrogen) atoms. The van der Waals surface area contributed by atoms with E-state index in [4.69, 9.17) is 0 Å². The predicted molar refractivity (Wildman–Crippen MR) is 97.9 cm³/mol. The second kappa shape index (κ2) is 7.17. The molecule has 0 aromatic heterocycles. The molecular formula is C19H21FN2O3S. The number of benzene rings is 2. The molecule has 2 aromatic rings. The maximum absolute atomic E-state index is 13.4. The van der Waals surface area contributed by atoms with Gasteiger partial charge in [0.2, 0.25) is 15.9 Å². The Labute approximate surface area is 152 Å². The van der Waals surface area contributed by atoms with Crippen LogP contribution in [-0.2, 0) is 14.8 Å². The largest absolute Gasteiger partial charge is 0.324 e. The van der Waals surface area contributed by atoms with Crippen molar-refractivity contribution in [2.45, 2.75) is 37.6 Å². The van der Waals surface area contributed by atoms with Crippen LogP contribution in [0.25, 0.3) is 0 Å². The normalized spacial score (nSPS) is 18.0. The van der Waals surface area contributed by atoms with Crippen LogP contribution in [-0.4, -0.2) is 31.2 Å². The minimum absolute atomic E-state index is 0.171. The van der Waals surface area contributed by atoms with E-state index < -0.39 is 27.8 Å². The maximum atomic E-state index is 13.4. The van der Waals surface area contributed by atoms with E-state index in [-0.39, 0.29) is 11.4 Å². The highest BCUT2D eigenvalue weighted by atomic mass is 32.2. The number of hydrogen-bond acceptors (Lipinski definition) is 3. The highest BCUT2D eigenvalue weighted by Crippen LogP contribution is 2.27. The van der Waals surface area contributed by atoms with Gasteiger partial charge in [0, 0.05) is 12.2 Å². The van der Waals surface area contributed by atoms with Crippen LogP contribution in [0, 0.1) is 19.7 Å². The van der Waals surface area contributed by atoms with Crippen molar-refractivity contribution in [3.8, 4) is 0 Å². The van der Waals surface area contributed by atoms with Gasteiger partial charge in [0.15, 0.2) is 0 Å². The summed E-state index contributed by atoms with van der Waals surface area (Å²) in [5, 5.41) is 2.67. The summed E-state index contributed by atoms with van der Waals surface area (Å²) in [6.45, 7) is 3.92. The van der Waals surface area contributed by atoms with E-state index in [0.29, 0.717) is 24.1 Å². The fourth-order valence-corrected chi connectivity index (χ4v) is 4.74. The average molecular weight is 376 g/mol. The lowest BCUT2D eigenvalue weighted by Crippen LogP contribution is -2.43. The molecule has 2 aromatic carbocycles. The molecule has 0 radical (unpaired) electrons. The molecule has 1 amide bonds. The molecule has 0 saturated carbocycles. The second-order valence-electron chi connectivity index (χ2n) is 6.54. The molecule has 3 rings (SSSR count). The minimum atomic E-state index is -3.76. The summed E-state index contributed by atoms with van der Waals surface area (Å²) in [6.07, 6.45) is 1.04. The lowest BCUT2D eigenvalue weighted by molar-refractivity contribution is -0.119. The number of nitrogens with one attached hydrogen (secondary N) is 1. The van der Waals surface area contributed by atoms with Gasteiger partial charge in [-0.3, -0.25) is 4.79 Å². The second-order valence-corrected chi connectivity index (χ2v) is 8.43. The third kappa shape index (κ3) is 3.64.